The summed E-state index contributed by atoms with van der Waals surface area (Å²) in [6.45, 7) is 2.92. The zero-order valence-corrected chi connectivity index (χ0v) is 15.9. The van der Waals surface area contributed by atoms with E-state index < -0.39 is 48.1 Å². The Labute approximate surface area is 168 Å². The van der Waals surface area contributed by atoms with Gasteiger partial charge in [0, 0.05) is 6.42 Å². The maximum atomic E-state index is 12.0. The van der Waals surface area contributed by atoms with E-state index in [0.29, 0.717) is 5.56 Å². The summed E-state index contributed by atoms with van der Waals surface area (Å²) in [6, 6.07) is 3.18. The van der Waals surface area contributed by atoms with Gasteiger partial charge in [0.1, 0.15) is 17.8 Å². The SMILES string of the molecule is C[C@H](N)C(=O)N[C@@H](C)C(=O)N[C@@H](Cc1ccc(O)cc1)C(=O)O.O=C(O)C(F)(F)F. The van der Waals surface area contributed by atoms with Gasteiger partial charge < -0.3 is 31.7 Å². The number of carboxylic acids is 2. The van der Waals surface area contributed by atoms with Gasteiger partial charge in [-0.25, -0.2) is 9.59 Å². The first-order valence-electron chi connectivity index (χ1n) is 8.32. The van der Waals surface area contributed by atoms with Gasteiger partial charge >= 0.3 is 18.1 Å². The Morgan fingerprint density at radius 2 is 1.47 bits per heavy atom. The lowest BCUT2D eigenvalue weighted by molar-refractivity contribution is -0.192. The van der Waals surface area contributed by atoms with Crippen molar-refractivity contribution in [1.29, 1.82) is 0 Å². The molecule has 0 unspecified atom stereocenters. The molecule has 13 heteroatoms. The van der Waals surface area contributed by atoms with Crippen LogP contribution >= 0.6 is 0 Å². The minimum Gasteiger partial charge on any atom is -0.508 e. The number of phenolic OH excluding ortho intramolecular Hbond substituents is 1. The zero-order chi connectivity index (χ0) is 23.6. The van der Waals surface area contributed by atoms with Crippen molar-refractivity contribution in [3.63, 3.8) is 0 Å². The topological polar surface area (TPSA) is 179 Å². The number of nitrogens with two attached hydrogens (primary N) is 1. The highest BCUT2D eigenvalue weighted by Gasteiger charge is 2.38. The summed E-state index contributed by atoms with van der Waals surface area (Å²) in [6.07, 6.45) is -5.03. The van der Waals surface area contributed by atoms with Crippen molar-refractivity contribution in [2.45, 2.75) is 44.6 Å². The minimum absolute atomic E-state index is 0.0509. The van der Waals surface area contributed by atoms with Crippen molar-refractivity contribution in [1.82, 2.24) is 10.6 Å². The first-order chi connectivity index (χ1) is 13.6. The molecule has 1 rings (SSSR count). The highest BCUT2D eigenvalue weighted by Crippen LogP contribution is 2.13. The number of benzene rings is 1. The molecule has 0 aliphatic carbocycles. The molecule has 0 saturated carbocycles. The molecule has 10 nitrogen and oxygen atoms in total. The fourth-order valence-electron chi connectivity index (χ4n) is 1.77. The van der Waals surface area contributed by atoms with E-state index in [2.05, 4.69) is 10.6 Å². The van der Waals surface area contributed by atoms with Gasteiger partial charge in [-0.1, -0.05) is 12.1 Å². The molecule has 0 aliphatic rings. The number of halogens is 3. The number of aromatic hydroxyl groups is 1. The monoisotopic (exact) mass is 437 g/mol. The van der Waals surface area contributed by atoms with Gasteiger partial charge in [0.25, 0.3) is 0 Å². The van der Waals surface area contributed by atoms with E-state index in [9.17, 15) is 37.8 Å². The lowest BCUT2D eigenvalue weighted by Crippen LogP contribution is -2.53. The van der Waals surface area contributed by atoms with Crippen molar-refractivity contribution in [3.8, 4) is 5.75 Å². The summed E-state index contributed by atoms with van der Waals surface area (Å²) in [5.41, 5.74) is 6.03. The van der Waals surface area contributed by atoms with Crippen molar-refractivity contribution >= 4 is 23.8 Å². The van der Waals surface area contributed by atoms with Gasteiger partial charge in [-0.2, -0.15) is 13.2 Å². The normalized spacial score (nSPS) is 13.7. The molecular formula is C17H22F3N3O7. The van der Waals surface area contributed by atoms with Crippen LogP contribution in [-0.4, -0.2) is 63.4 Å². The van der Waals surface area contributed by atoms with Gasteiger partial charge in [-0.15, -0.1) is 0 Å². The zero-order valence-electron chi connectivity index (χ0n) is 15.9. The van der Waals surface area contributed by atoms with E-state index in [1.165, 1.54) is 26.0 Å². The van der Waals surface area contributed by atoms with E-state index in [1.54, 1.807) is 12.1 Å². The molecule has 1 aromatic carbocycles. The van der Waals surface area contributed by atoms with Gasteiger partial charge in [0.15, 0.2) is 0 Å². The number of alkyl halides is 3. The summed E-state index contributed by atoms with van der Waals surface area (Å²) in [4.78, 5) is 43.6. The van der Waals surface area contributed by atoms with Crippen LogP contribution in [0.15, 0.2) is 24.3 Å². The molecule has 168 valence electrons. The number of hydrogen-bond acceptors (Lipinski definition) is 6. The quantitative estimate of drug-likeness (QED) is 0.345. The van der Waals surface area contributed by atoms with Crippen LogP contribution in [-0.2, 0) is 25.6 Å². The lowest BCUT2D eigenvalue weighted by atomic mass is 10.1. The summed E-state index contributed by atoms with van der Waals surface area (Å²) >= 11 is 0. The molecule has 3 atom stereocenters. The molecule has 0 saturated heterocycles. The van der Waals surface area contributed by atoms with Crippen molar-refractivity contribution in [2.24, 2.45) is 5.73 Å². The van der Waals surface area contributed by atoms with Gasteiger partial charge in [0.05, 0.1) is 6.04 Å². The van der Waals surface area contributed by atoms with Crippen LogP contribution < -0.4 is 16.4 Å². The fourth-order valence-corrected chi connectivity index (χ4v) is 1.77. The summed E-state index contributed by atoms with van der Waals surface area (Å²) in [7, 11) is 0. The smallest absolute Gasteiger partial charge is 0.490 e. The van der Waals surface area contributed by atoms with E-state index in [-0.39, 0.29) is 12.2 Å². The maximum Gasteiger partial charge on any atom is 0.490 e. The molecule has 0 radical (unpaired) electrons. The van der Waals surface area contributed by atoms with Crippen LogP contribution in [0.3, 0.4) is 0 Å². The van der Waals surface area contributed by atoms with E-state index in [4.69, 9.17) is 15.6 Å². The molecule has 30 heavy (non-hydrogen) atoms. The second kappa shape index (κ2) is 11.6. The third-order valence-corrected chi connectivity index (χ3v) is 3.40. The lowest BCUT2D eigenvalue weighted by Gasteiger charge is -2.19. The van der Waals surface area contributed by atoms with Crippen molar-refractivity contribution in [2.75, 3.05) is 0 Å². The highest BCUT2D eigenvalue weighted by molar-refractivity contribution is 5.91. The van der Waals surface area contributed by atoms with Crippen LogP contribution in [0.25, 0.3) is 0 Å². The third-order valence-electron chi connectivity index (χ3n) is 3.40. The molecule has 0 fully saturated rings. The largest absolute Gasteiger partial charge is 0.508 e. The molecule has 0 aromatic heterocycles. The summed E-state index contributed by atoms with van der Waals surface area (Å²) < 4.78 is 31.7. The standard InChI is InChI=1S/C15H21N3O5.C2HF3O2/c1-8(16)13(20)17-9(2)14(21)18-12(15(22)23)7-10-3-5-11(19)6-4-10;3-2(4,5)1(6)7/h3-6,8-9,12,19H,7,16H2,1-2H3,(H,17,20)(H,18,21)(H,22,23);(H,6,7)/t8-,9-,12-;/m0./s1. The molecule has 0 heterocycles. The number of amides is 2. The Hall–Kier alpha value is -3.35. The van der Waals surface area contributed by atoms with Crippen molar-refractivity contribution in [3.05, 3.63) is 29.8 Å². The van der Waals surface area contributed by atoms with E-state index >= 15 is 0 Å². The average Bonchev–Trinajstić information content (AvgIpc) is 2.62. The van der Waals surface area contributed by atoms with Crippen LogP contribution in [0.5, 0.6) is 5.75 Å². The highest BCUT2D eigenvalue weighted by atomic mass is 19.4. The Morgan fingerprint density at radius 1 is 1.00 bits per heavy atom. The van der Waals surface area contributed by atoms with Gasteiger partial charge in [0.2, 0.25) is 11.8 Å². The number of nitrogens with one attached hydrogen (secondary N) is 2. The molecule has 0 spiro atoms. The third kappa shape index (κ3) is 10.3. The number of phenols is 1. The molecule has 1 aromatic rings. The van der Waals surface area contributed by atoms with Gasteiger partial charge in [-0.05, 0) is 31.5 Å². The Morgan fingerprint density at radius 3 is 1.83 bits per heavy atom. The number of hydrogen-bond donors (Lipinski definition) is 6. The van der Waals surface area contributed by atoms with Crippen LogP contribution in [0.4, 0.5) is 13.2 Å². The maximum absolute atomic E-state index is 12.0. The number of carbonyl (C=O) groups is 4. The molecular weight excluding hydrogens is 415 g/mol. The predicted octanol–water partition coefficient (Wildman–Crippen LogP) is -0.0107. The average molecular weight is 437 g/mol. The van der Waals surface area contributed by atoms with Crippen molar-refractivity contribution < 1.29 is 47.7 Å². The number of carbonyl (C=O) groups excluding carboxylic acids is 2. The minimum atomic E-state index is -5.08. The number of carboxylic acid groups (broad SMARTS) is 2. The molecule has 2 amide bonds. The predicted molar refractivity (Wildman–Crippen MR) is 96.3 cm³/mol. The first-order valence-corrected chi connectivity index (χ1v) is 8.32. The Bertz CT molecular complexity index is 752. The second-order valence-electron chi connectivity index (χ2n) is 6.09. The Kier molecular flexibility index (Phi) is 10.3. The molecule has 0 aliphatic heterocycles. The fraction of sp³-hybridized carbons (Fsp3) is 0.412. The first kappa shape index (κ1) is 26.6. The summed E-state index contributed by atoms with van der Waals surface area (Å²) in [5, 5.41) is 30.3. The number of rotatable bonds is 7. The molecule has 7 N–H and O–H groups in total. The van der Waals surface area contributed by atoms with Gasteiger partial charge in [-0.3, -0.25) is 9.59 Å². The van der Waals surface area contributed by atoms with E-state index in [1.807, 2.05) is 0 Å². The van der Waals surface area contributed by atoms with Crippen LogP contribution in [0, 0.1) is 0 Å². The number of aliphatic carboxylic acids is 2. The Balaban J connectivity index is 0.00000103. The van der Waals surface area contributed by atoms with Crippen LogP contribution in [0.2, 0.25) is 0 Å². The van der Waals surface area contributed by atoms with Crippen LogP contribution in [0.1, 0.15) is 19.4 Å². The molecule has 0 bridgehead atoms. The summed E-state index contributed by atoms with van der Waals surface area (Å²) in [5.74, 6) is -5.01. The second-order valence-corrected chi connectivity index (χ2v) is 6.09. The van der Waals surface area contributed by atoms with E-state index in [0.717, 1.165) is 0 Å².